The van der Waals surface area contributed by atoms with Crippen LogP contribution in [0.4, 0.5) is 10.1 Å². The topological polar surface area (TPSA) is 78.5 Å². The van der Waals surface area contributed by atoms with Crippen molar-refractivity contribution in [3.8, 4) is 0 Å². The first kappa shape index (κ1) is 24.6. The summed E-state index contributed by atoms with van der Waals surface area (Å²) in [5.74, 6) is -1.59. The summed E-state index contributed by atoms with van der Waals surface area (Å²) in [5, 5.41) is 7.56. The zero-order valence-electron chi connectivity index (χ0n) is 19.3. The van der Waals surface area contributed by atoms with Gasteiger partial charge in [-0.05, 0) is 54.1 Å². The lowest BCUT2D eigenvalue weighted by molar-refractivity contribution is -0.127. The third-order valence-electron chi connectivity index (χ3n) is 6.09. The van der Waals surface area contributed by atoms with Gasteiger partial charge in [-0.15, -0.1) is 11.3 Å². The van der Waals surface area contributed by atoms with Gasteiger partial charge < -0.3 is 10.6 Å². The molecule has 1 aliphatic carbocycles. The minimum absolute atomic E-state index is 0.0474. The van der Waals surface area contributed by atoms with Crippen LogP contribution >= 0.6 is 11.3 Å². The molecule has 0 aliphatic heterocycles. The van der Waals surface area contributed by atoms with Gasteiger partial charge in [0.15, 0.2) is 0 Å². The lowest BCUT2D eigenvalue weighted by atomic mass is 9.94. The Hall–Kier alpha value is -3.52. The van der Waals surface area contributed by atoms with Crippen LogP contribution in [0, 0.1) is 5.82 Å². The second-order valence-electron chi connectivity index (χ2n) is 8.56. The molecular weight excluding hydrogens is 465 g/mol. The molecule has 3 aromatic rings. The van der Waals surface area contributed by atoms with E-state index in [0.29, 0.717) is 16.1 Å². The molecule has 0 bridgehead atoms. The fourth-order valence-corrected chi connectivity index (χ4v) is 4.99. The fraction of sp³-hybridized carbons (Fsp3) is 0.296. The van der Waals surface area contributed by atoms with E-state index < -0.39 is 17.8 Å². The highest BCUT2D eigenvalue weighted by molar-refractivity contribution is 7.12. The standard InChI is InChI=1S/C27H28FN3O3S/c28-20-13-15-22(16-14-20)31(24(32)18-29-26(33)23-12-7-17-35-23)25(19-8-3-1-4-9-19)27(34)30-21-10-5-2-6-11-21/h1,3-4,7-9,12-17,21,25H,2,5-6,10-11,18H2,(H,29,33)(H,30,34). The SMILES string of the molecule is O=C(NCC(=O)N(c1ccc(F)cc1)C(C(=O)NC1CCCCC1)c1ccccc1)c1cccs1. The molecule has 6 nitrogen and oxygen atoms in total. The van der Waals surface area contributed by atoms with Crippen molar-refractivity contribution in [3.63, 3.8) is 0 Å². The number of hydrogen-bond donors (Lipinski definition) is 2. The summed E-state index contributed by atoms with van der Waals surface area (Å²) in [5.41, 5.74) is 0.998. The molecule has 0 radical (unpaired) electrons. The van der Waals surface area contributed by atoms with Crippen molar-refractivity contribution < 1.29 is 18.8 Å². The van der Waals surface area contributed by atoms with Gasteiger partial charge in [0.25, 0.3) is 5.91 Å². The highest BCUT2D eigenvalue weighted by atomic mass is 32.1. The van der Waals surface area contributed by atoms with Crippen LogP contribution in [0.25, 0.3) is 0 Å². The maximum Gasteiger partial charge on any atom is 0.261 e. The molecule has 3 amide bonds. The highest BCUT2D eigenvalue weighted by Gasteiger charge is 2.34. The number of rotatable bonds is 8. The van der Waals surface area contributed by atoms with Crippen molar-refractivity contribution in [1.29, 1.82) is 0 Å². The van der Waals surface area contributed by atoms with Gasteiger partial charge in [0.05, 0.1) is 11.4 Å². The second kappa shape index (κ2) is 11.8. The Labute approximate surface area is 208 Å². The molecule has 35 heavy (non-hydrogen) atoms. The van der Waals surface area contributed by atoms with Gasteiger partial charge >= 0.3 is 0 Å². The highest BCUT2D eigenvalue weighted by Crippen LogP contribution is 2.29. The van der Waals surface area contributed by atoms with Crippen molar-refractivity contribution >= 4 is 34.7 Å². The molecule has 1 aliphatic rings. The van der Waals surface area contributed by atoms with Crippen LogP contribution in [0.5, 0.6) is 0 Å². The average Bonchev–Trinajstić information content (AvgIpc) is 3.43. The number of thiophene rings is 1. The van der Waals surface area contributed by atoms with Crippen LogP contribution < -0.4 is 15.5 Å². The Kier molecular flexibility index (Phi) is 8.26. The molecule has 1 saturated carbocycles. The summed E-state index contributed by atoms with van der Waals surface area (Å²) in [6.45, 7) is -0.311. The normalized spacial score (nSPS) is 14.7. The molecule has 8 heteroatoms. The van der Waals surface area contributed by atoms with Gasteiger partial charge in [-0.1, -0.05) is 55.7 Å². The van der Waals surface area contributed by atoms with E-state index in [1.807, 2.05) is 18.2 Å². The summed E-state index contributed by atoms with van der Waals surface area (Å²) in [6.07, 6.45) is 5.05. The molecule has 0 spiro atoms. The van der Waals surface area contributed by atoms with E-state index in [-0.39, 0.29) is 24.4 Å². The van der Waals surface area contributed by atoms with E-state index in [1.54, 1.807) is 29.6 Å². The minimum atomic E-state index is -0.977. The molecule has 2 aromatic carbocycles. The summed E-state index contributed by atoms with van der Waals surface area (Å²) in [7, 11) is 0. The van der Waals surface area contributed by atoms with E-state index >= 15 is 0 Å². The molecule has 2 N–H and O–H groups in total. The van der Waals surface area contributed by atoms with Gasteiger partial charge in [0.1, 0.15) is 11.9 Å². The zero-order valence-corrected chi connectivity index (χ0v) is 20.1. The Morgan fingerprint density at radius 3 is 2.31 bits per heavy atom. The fourth-order valence-electron chi connectivity index (χ4n) is 4.35. The number of nitrogens with zero attached hydrogens (tertiary/aromatic N) is 1. The van der Waals surface area contributed by atoms with E-state index in [9.17, 15) is 18.8 Å². The molecular formula is C27H28FN3O3S. The molecule has 1 heterocycles. The van der Waals surface area contributed by atoms with E-state index in [1.165, 1.54) is 40.5 Å². The number of nitrogens with one attached hydrogen (secondary N) is 2. The summed E-state index contributed by atoms with van der Waals surface area (Å²) in [6, 6.07) is 17.0. The van der Waals surface area contributed by atoms with Gasteiger partial charge in [0, 0.05) is 11.7 Å². The Bertz CT molecular complexity index is 1130. The largest absolute Gasteiger partial charge is 0.351 e. The predicted octanol–water partition coefficient (Wildman–Crippen LogP) is 4.84. The zero-order chi connectivity index (χ0) is 24.6. The molecule has 4 rings (SSSR count). The van der Waals surface area contributed by atoms with Gasteiger partial charge in [-0.3, -0.25) is 19.3 Å². The molecule has 1 fully saturated rings. The van der Waals surface area contributed by atoms with Crippen LogP contribution in [0.2, 0.25) is 0 Å². The number of carbonyl (C=O) groups is 3. The Balaban J connectivity index is 1.65. The van der Waals surface area contributed by atoms with Crippen LogP contribution in [-0.2, 0) is 9.59 Å². The van der Waals surface area contributed by atoms with Crippen LogP contribution in [-0.4, -0.2) is 30.3 Å². The number of hydrogen-bond acceptors (Lipinski definition) is 4. The average molecular weight is 494 g/mol. The summed E-state index contributed by atoms with van der Waals surface area (Å²) in [4.78, 5) is 41.5. The molecule has 1 aromatic heterocycles. The summed E-state index contributed by atoms with van der Waals surface area (Å²) >= 11 is 1.27. The van der Waals surface area contributed by atoms with Crippen molar-refractivity contribution in [2.75, 3.05) is 11.4 Å². The number of halogens is 1. The number of anilines is 1. The van der Waals surface area contributed by atoms with Crippen molar-refractivity contribution in [1.82, 2.24) is 10.6 Å². The van der Waals surface area contributed by atoms with Crippen LogP contribution in [0.1, 0.15) is 53.4 Å². The van der Waals surface area contributed by atoms with Gasteiger partial charge in [-0.25, -0.2) is 4.39 Å². The van der Waals surface area contributed by atoms with Crippen LogP contribution in [0.15, 0.2) is 72.1 Å². The minimum Gasteiger partial charge on any atom is -0.351 e. The molecule has 1 unspecified atom stereocenters. The lowest BCUT2D eigenvalue weighted by Crippen LogP contribution is -2.49. The number of carbonyl (C=O) groups excluding carboxylic acids is 3. The van der Waals surface area contributed by atoms with Crippen molar-refractivity contribution in [3.05, 3.63) is 88.4 Å². The first-order valence-corrected chi connectivity index (χ1v) is 12.7. The molecule has 0 saturated heterocycles. The van der Waals surface area contributed by atoms with Crippen molar-refractivity contribution in [2.24, 2.45) is 0 Å². The van der Waals surface area contributed by atoms with Crippen molar-refractivity contribution in [2.45, 2.75) is 44.2 Å². The maximum atomic E-state index is 13.7. The lowest BCUT2D eigenvalue weighted by Gasteiger charge is -2.33. The van der Waals surface area contributed by atoms with Gasteiger partial charge in [-0.2, -0.15) is 0 Å². The van der Waals surface area contributed by atoms with E-state index in [2.05, 4.69) is 10.6 Å². The van der Waals surface area contributed by atoms with Crippen LogP contribution in [0.3, 0.4) is 0 Å². The molecule has 182 valence electrons. The maximum absolute atomic E-state index is 13.7. The first-order chi connectivity index (χ1) is 17.0. The van der Waals surface area contributed by atoms with E-state index in [0.717, 1.165) is 32.1 Å². The smallest absolute Gasteiger partial charge is 0.261 e. The van der Waals surface area contributed by atoms with E-state index in [4.69, 9.17) is 0 Å². The Morgan fingerprint density at radius 2 is 1.66 bits per heavy atom. The second-order valence-corrected chi connectivity index (χ2v) is 9.50. The van der Waals surface area contributed by atoms with Gasteiger partial charge in [0.2, 0.25) is 11.8 Å². The first-order valence-electron chi connectivity index (χ1n) is 11.8. The quantitative estimate of drug-likeness (QED) is 0.471. The molecule has 1 atom stereocenters. The monoisotopic (exact) mass is 493 g/mol. The third kappa shape index (κ3) is 6.33. The third-order valence-corrected chi connectivity index (χ3v) is 6.96. The number of amides is 3. The Morgan fingerprint density at radius 1 is 0.943 bits per heavy atom. The summed E-state index contributed by atoms with van der Waals surface area (Å²) < 4.78 is 13.7. The predicted molar refractivity (Wildman–Crippen MR) is 135 cm³/mol. The number of benzene rings is 2.